The number of ether oxygens (including phenoxy) is 1. The fourth-order valence-electron chi connectivity index (χ4n) is 1.60. The van der Waals surface area contributed by atoms with Crippen LogP contribution in [0.5, 0.6) is 0 Å². The van der Waals surface area contributed by atoms with Crippen molar-refractivity contribution in [2.75, 3.05) is 39.8 Å². The fraction of sp³-hybridized carbons (Fsp3) is 0.846. The predicted octanol–water partition coefficient (Wildman–Crippen LogP) is -0.404. The third-order valence-corrected chi connectivity index (χ3v) is 3.06. The lowest BCUT2D eigenvalue weighted by Gasteiger charge is -2.39. The Morgan fingerprint density at radius 3 is 2.53 bits per heavy atom. The maximum atomic E-state index is 11.8. The molecule has 0 aromatic carbocycles. The predicted molar refractivity (Wildman–Crippen MR) is 72.7 cm³/mol. The van der Waals surface area contributed by atoms with Crippen molar-refractivity contribution >= 4 is 11.8 Å². The molecule has 2 N–H and O–H groups in total. The van der Waals surface area contributed by atoms with Gasteiger partial charge < -0.3 is 20.3 Å². The molecule has 1 aliphatic rings. The SMILES string of the molecule is CC(C)CNC(=O)CN(C)C(=O)COC1(C)CNC1. The zero-order valence-corrected chi connectivity index (χ0v) is 12.3. The van der Waals surface area contributed by atoms with Crippen LogP contribution < -0.4 is 10.6 Å². The molecule has 0 saturated carbocycles. The molecule has 1 rings (SSSR count). The average molecular weight is 271 g/mol. The Labute approximate surface area is 114 Å². The third kappa shape index (κ3) is 5.57. The van der Waals surface area contributed by atoms with E-state index in [1.165, 1.54) is 4.90 Å². The first-order valence-electron chi connectivity index (χ1n) is 6.68. The van der Waals surface area contributed by atoms with Gasteiger partial charge in [0, 0.05) is 26.7 Å². The Morgan fingerprint density at radius 1 is 1.42 bits per heavy atom. The summed E-state index contributed by atoms with van der Waals surface area (Å²) in [5.74, 6) is 0.0910. The number of nitrogens with zero attached hydrogens (tertiary/aromatic N) is 1. The normalized spacial score (nSPS) is 16.9. The Bertz CT molecular complexity index is 327. The first kappa shape index (κ1) is 15.9. The number of rotatable bonds is 7. The van der Waals surface area contributed by atoms with E-state index < -0.39 is 0 Å². The van der Waals surface area contributed by atoms with E-state index in [2.05, 4.69) is 10.6 Å². The fourth-order valence-corrected chi connectivity index (χ4v) is 1.60. The number of amides is 2. The van der Waals surface area contributed by atoms with Crippen molar-refractivity contribution < 1.29 is 14.3 Å². The molecule has 0 unspecified atom stereocenters. The van der Waals surface area contributed by atoms with Crippen LogP contribution in [-0.2, 0) is 14.3 Å². The van der Waals surface area contributed by atoms with Gasteiger partial charge in [-0.2, -0.15) is 0 Å². The van der Waals surface area contributed by atoms with Crippen molar-refractivity contribution in [1.29, 1.82) is 0 Å². The van der Waals surface area contributed by atoms with Gasteiger partial charge in [0.15, 0.2) is 0 Å². The number of hydrogen-bond donors (Lipinski definition) is 2. The van der Waals surface area contributed by atoms with Gasteiger partial charge in [0.2, 0.25) is 11.8 Å². The second-order valence-corrected chi connectivity index (χ2v) is 5.79. The molecule has 6 nitrogen and oxygen atoms in total. The van der Waals surface area contributed by atoms with Crippen molar-refractivity contribution in [3.8, 4) is 0 Å². The minimum Gasteiger partial charge on any atom is -0.363 e. The topological polar surface area (TPSA) is 70.7 Å². The van der Waals surface area contributed by atoms with Gasteiger partial charge in [-0.3, -0.25) is 9.59 Å². The molecule has 110 valence electrons. The molecule has 0 radical (unpaired) electrons. The molecule has 0 aliphatic carbocycles. The molecule has 19 heavy (non-hydrogen) atoms. The standard InChI is InChI=1S/C13H25N3O3/c1-10(2)5-15-11(17)6-16(4)12(18)7-19-13(3)8-14-9-13/h10,14H,5-9H2,1-4H3,(H,15,17). The number of carbonyl (C=O) groups excluding carboxylic acids is 2. The zero-order chi connectivity index (χ0) is 14.5. The molecule has 0 aromatic rings. The van der Waals surface area contributed by atoms with E-state index >= 15 is 0 Å². The zero-order valence-electron chi connectivity index (χ0n) is 12.3. The second kappa shape index (κ2) is 6.86. The van der Waals surface area contributed by atoms with E-state index in [0.717, 1.165) is 13.1 Å². The van der Waals surface area contributed by atoms with Gasteiger partial charge in [0.1, 0.15) is 6.61 Å². The van der Waals surface area contributed by atoms with Crippen LogP contribution in [0.4, 0.5) is 0 Å². The maximum Gasteiger partial charge on any atom is 0.248 e. The summed E-state index contributed by atoms with van der Waals surface area (Å²) in [6.07, 6.45) is 0. The monoisotopic (exact) mass is 271 g/mol. The summed E-state index contributed by atoms with van der Waals surface area (Å²) in [5.41, 5.74) is -0.240. The van der Waals surface area contributed by atoms with E-state index in [1.54, 1.807) is 7.05 Å². The lowest BCUT2D eigenvalue weighted by atomic mass is 10.0. The summed E-state index contributed by atoms with van der Waals surface area (Å²) >= 11 is 0. The maximum absolute atomic E-state index is 11.8. The summed E-state index contributed by atoms with van der Waals surface area (Å²) in [6, 6.07) is 0. The van der Waals surface area contributed by atoms with Crippen molar-refractivity contribution in [3.63, 3.8) is 0 Å². The van der Waals surface area contributed by atoms with Gasteiger partial charge in [-0.1, -0.05) is 13.8 Å². The molecular formula is C13H25N3O3. The molecule has 1 heterocycles. The first-order chi connectivity index (χ1) is 8.82. The highest BCUT2D eigenvalue weighted by molar-refractivity contribution is 5.85. The average Bonchev–Trinajstić information content (AvgIpc) is 2.30. The van der Waals surface area contributed by atoms with Gasteiger partial charge >= 0.3 is 0 Å². The Morgan fingerprint density at radius 2 is 2.05 bits per heavy atom. The van der Waals surface area contributed by atoms with Crippen LogP contribution in [0.1, 0.15) is 20.8 Å². The van der Waals surface area contributed by atoms with Crippen molar-refractivity contribution in [2.24, 2.45) is 5.92 Å². The van der Waals surface area contributed by atoms with Crippen LogP contribution in [0.2, 0.25) is 0 Å². The molecule has 0 aromatic heterocycles. The molecule has 2 amide bonds. The van der Waals surface area contributed by atoms with Crippen LogP contribution >= 0.6 is 0 Å². The first-order valence-corrected chi connectivity index (χ1v) is 6.68. The molecule has 6 heteroatoms. The molecule has 1 fully saturated rings. The van der Waals surface area contributed by atoms with Gasteiger partial charge in [-0.05, 0) is 12.8 Å². The van der Waals surface area contributed by atoms with Gasteiger partial charge in [-0.25, -0.2) is 0 Å². The molecule has 0 bridgehead atoms. The summed E-state index contributed by atoms with van der Waals surface area (Å²) in [5, 5.41) is 5.88. The lowest BCUT2D eigenvalue weighted by molar-refractivity contribution is -0.146. The van der Waals surface area contributed by atoms with Crippen molar-refractivity contribution in [2.45, 2.75) is 26.4 Å². The van der Waals surface area contributed by atoms with Gasteiger partial charge in [0.25, 0.3) is 0 Å². The van der Waals surface area contributed by atoms with E-state index in [-0.39, 0.29) is 30.6 Å². The Kier molecular flexibility index (Phi) is 5.75. The largest absolute Gasteiger partial charge is 0.363 e. The minimum atomic E-state index is -0.240. The number of carbonyl (C=O) groups is 2. The number of nitrogens with one attached hydrogen (secondary N) is 2. The van der Waals surface area contributed by atoms with Crippen LogP contribution in [-0.4, -0.2) is 62.1 Å². The van der Waals surface area contributed by atoms with Crippen molar-refractivity contribution in [3.05, 3.63) is 0 Å². The second-order valence-electron chi connectivity index (χ2n) is 5.79. The lowest BCUT2D eigenvalue weighted by Crippen LogP contribution is -2.59. The highest BCUT2D eigenvalue weighted by atomic mass is 16.5. The summed E-state index contributed by atoms with van der Waals surface area (Å²) in [6.45, 7) is 8.26. The highest BCUT2D eigenvalue weighted by Crippen LogP contribution is 2.14. The Balaban J connectivity index is 2.22. The summed E-state index contributed by atoms with van der Waals surface area (Å²) in [7, 11) is 1.61. The van der Waals surface area contributed by atoms with Crippen molar-refractivity contribution in [1.82, 2.24) is 15.5 Å². The van der Waals surface area contributed by atoms with E-state index in [0.29, 0.717) is 12.5 Å². The molecule has 0 spiro atoms. The third-order valence-electron chi connectivity index (χ3n) is 3.06. The van der Waals surface area contributed by atoms with E-state index in [9.17, 15) is 9.59 Å². The summed E-state index contributed by atoms with van der Waals surface area (Å²) < 4.78 is 5.54. The Hall–Kier alpha value is -1.14. The quantitative estimate of drug-likeness (QED) is 0.661. The van der Waals surface area contributed by atoms with E-state index in [1.807, 2.05) is 20.8 Å². The van der Waals surface area contributed by atoms with Crippen LogP contribution in [0.3, 0.4) is 0 Å². The molecule has 1 saturated heterocycles. The molecular weight excluding hydrogens is 246 g/mol. The molecule has 0 atom stereocenters. The van der Waals surface area contributed by atoms with Crippen LogP contribution in [0.15, 0.2) is 0 Å². The highest BCUT2D eigenvalue weighted by Gasteiger charge is 2.33. The summed E-state index contributed by atoms with van der Waals surface area (Å²) in [4.78, 5) is 24.8. The van der Waals surface area contributed by atoms with Crippen LogP contribution in [0, 0.1) is 5.92 Å². The van der Waals surface area contributed by atoms with Gasteiger partial charge in [-0.15, -0.1) is 0 Å². The van der Waals surface area contributed by atoms with E-state index in [4.69, 9.17) is 4.74 Å². The van der Waals surface area contributed by atoms with Gasteiger partial charge in [0.05, 0.1) is 12.1 Å². The van der Waals surface area contributed by atoms with Crippen LogP contribution in [0.25, 0.3) is 0 Å². The smallest absolute Gasteiger partial charge is 0.248 e. The number of likely N-dealkylation sites (N-methyl/N-ethyl adjacent to an activating group) is 1. The minimum absolute atomic E-state index is 0.0200. The number of hydrogen-bond acceptors (Lipinski definition) is 4. The molecule has 1 aliphatic heterocycles.